The van der Waals surface area contributed by atoms with Crippen molar-refractivity contribution in [3.63, 3.8) is 0 Å². The molecule has 0 fully saturated rings. The predicted octanol–water partition coefficient (Wildman–Crippen LogP) is 4.02. The summed E-state index contributed by atoms with van der Waals surface area (Å²) in [6, 6.07) is 17.3. The number of aromatic nitrogens is 3. The fourth-order valence-electron chi connectivity index (χ4n) is 3.06. The Labute approximate surface area is 172 Å². The van der Waals surface area contributed by atoms with E-state index in [1.165, 1.54) is 11.8 Å². The van der Waals surface area contributed by atoms with Gasteiger partial charge in [0.2, 0.25) is 5.91 Å². The third kappa shape index (κ3) is 3.97. The van der Waals surface area contributed by atoms with Crippen LogP contribution in [-0.4, -0.2) is 40.5 Å². The molecule has 29 heavy (non-hydrogen) atoms. The molecule has 0 bridgehead atoms. The molecule has 2 aromatic heterocycles. The van der Waals surface area contributed by atoms with Gasteiger partial charge in [-0.25, -0.2) is 0 Å². The Morgan fingerprint density at radius 3 is 2.76 bits per heavy atom. The third-order valence-corrected chi connectivity index (χ3v) is 5.42. The van der Waals surface area contributed by atoms with Crippen molar-refractivity contribution < 1.29 is 14.3 Å². The van der Waals surface area contributed by atoms with Gasteiger partial charge < -0.3 is 14.8 Å². The first kappa shape index (κ1) is 19.1. The standard InChI is InChI=1S/C21H20N4O3S/c1-27-15-8-9-16(18(13-15)28-2)22-20(26)11-12-29-21-24-23-19-10-7-14-5-3-4-6-17(14)25(19)21/h3-10,13H,11-12H2,1-2H3,(H,22,26). The minimum Gasteiger partial charge on any atom is -0.497 e. The van der Waals surface area contributed by atoms with Crippen molar-refractivity contribution >= 4 is 39.9 Å². The number of methoxy groups -OCH3 is 2. The molecule has 0 atom stereocenters. The summed E-state index contributed by atoms with van der Waals surface area (Å²) in [6.07, 6.45) is 0.333. The Bertz CT molecular complexity index is 1180. The molecule has 7 nitrogen and oxygen atoms in total. The van der Waals surface area contributed by atoms with Crippen LogP contribution in [0.3, 0.4) is 0 Å². The summed E-state index contributed by atoms with van der Waals surface area (Å²) in [4.78, 5) is 12.4. The lowest BCUT2D eigenvalue weighted by Gasteiger charge is -2.11. The molecule has 4 aromatic rings. The van der Waals surface area contributed by atoms with Crippen LogP contribution < -0.4 is 14.8 Å². The van der Waals surface area contributed by atoms with Gasteiger partial charge in [-0.15, -0.1) is 10.2 Å². The molecule has 0 spiro atoms. The van der Waals surface area contributed by atoms with Crippen LogP contribution in [0.15, 0.2) is 59.8 Å². The monoisotopic (exact) mass is 408 g/mol. The van der Waals surface area contributed by atoms with Crippen LogP contribution in [0.1, 0.15) is 6.42 Å². The van der Waals surface area contributed by atoms with Crippen LogP contribution >= 0.6 is 11.8 Å². The van der Waals surface area contributed by atoms with Crippen LogP contribution in [-0.2, 0) is 4.79 Å². The van der Waals surface area contributed by atoms with E-state index >= 15 is 0 Å². The zero-order valence-corrected chi connectivity index (χ0v) is 16.9. The molecule has 1 N–H and O–H groups in total. The number of thioether (sulfide) groups is 1. The molecule has 2 heterocycles. The molecule has 2 aromatic carbocycles. The molecule has 8 heteroatoms. The SMILES string of the molecule is COc1ccc(NC(=O)CCSc2nnc3ccc4ccccc4n23)c(OC)c1. The van der Waals surface area contributed by atoms with Crippen LogP contribution in [0.5, 0.6) is 11.5 Å². The minimum absolute atomic E-state index is 0.0976. The van der Waals surface area contributed by atoms with E-state index in [-0.39, 0.29) is 5.91 Å². The molecule has 0 unspecified atom stereocenters. The fraction of sp³-hybridized carbons (Fsp3) is 0.190. The van der Waals surface area contributed by atoms with E-state index in [0.29, 0.717) is 29.4 Å². The van der Waals surface area contributed by atoms with Crippen LogP contribution in [0.4, 0.5) is 5.69 Å². The van der Waals surface area contributed by atoms with Gasteiger partial charge in [0.05, 0.1) is 25.4 Å². The van der Waals surface area contributed by atoms with Gasteiger partial charge in [-0.2, -0.15) is 0 Å². The molecule has 0 saturated carbocycles. The third-order valence-electron chi connectivity index (χ3n) is 4.49. The van der Waals surface area contributed by atoms with Crippen molar-refractivity contribution in [1.29, 1.82) is 0 Å². The maximum absolute atomic E-state index is 12.4. The number of hydrogen-bond acceptors (Lipinski definition) is 6. The van der Waals surface area contributed by atoms with Crippen molar-refractivity contribution in [3.8, 4) is 11.5 Å². The number of nitrogens with zero attached hydrogens (tertiary/aromatic N) is 3. The maximum Gasteiger partial charge on any atom is 0.225 e. The topological polar surface area (TPSA) is 77.8 Å². The van der Waals surface area contributed by atoms with E-state index in [1.54, 1.807) is 32.4 Å². The van der Waals surface area contributed by atoms with Crippen molar-refractivity contribution in [2.45, 2.75) is 11.6 Å². The first-order chi connectivity index (χ1) is 14.2. The molecule has 0 radical (unpaired) electrons. The van der Waals surface area contributed by atoms with E-state index in [9.17, 15) is 4.79 Å². The number of benzene rings is 2. The summed E-state index contributed by atoms with van der Waals surface area (Å²) in [5.74, 6) is 1.70. The quantitative estimate of drug-likeness (QED) is 0.466. The number of pyridine rings is 1. The summed E-state index contributed by atoms with van der Waals surface area (Å²) in [5, 5.41) is 13.3. The van der Waals surface area contributed by atoms with Crippen molar-refractivity contribution in [1.82, 2.24) is 14.6 Å². The van der Waals surface area contributed by atoms with Gasteiger partial charge in [-0.05, 0) is 35.7 Å². The maximum atomic E-state index is 12.4. The van der Waals surface area contributed by atoms with E-state index in [0.717, 1.165) is 21.7 Å². The summed E-state index contributed by atoms with van der Waals surface area (Å²) in [5.41, 5.74) is 2.45. The highest BCUT2D eigenvalue weighted by molar-refractivity contribution is 7.99. The normalized spacial score (nSPS) is 11.0. The average molecular weight is 408 g/mol. The zero-order chi connectivity index (χ0) is 20.2. The first-order valence-corrected chi connectivity index (χ1v) is 10.1. The minimum atomic E-state index is -0.0976. The van der Waals surface area contributed by atoms with Gasteiger partial charge in [0.25, 0.3) is 0 Å². The summed E-state index contributed by atoms with van der Waals surface area (Å²) >= 11 is 1.50. The van der Waals surface area contributed by atoms with Gasteiger partial charge in [-0.1, -0.05) is 30.0 Å². The highest BCUT2D eigenvalue weighted by Crippen LogP contribution is 2.29. The van der Waals surface area contributed by atoms with Gasteiger partial charge >= 0.3 is 0 Å². The summed E-state index contributed by atoms with van der Waals surface area (Å²) < 4.78 is 12.5. The number of fused-ring (bicyclic) bond motifs is 3. The zero-order valence-electron chi connectivity index (χ0n) is 16.1. The van der Waals surface area contributed by atoms with Crippen LogP contribution in [0, 0.1) is 0 Å². The average Bonchev–Trinajstić information content (AvgIpc) is 3.17. The van der Waals surface area contributed by atoms with Crippen LogP contribution in [0.2, 0.25) is 0 Å². The van der Waals surface area contributed by atoms with Gasteiger partial charge in [0.15, 0.2) is 10.8 Å². The second kappa shape index (κ2) is 8.40. The largest absolute Gasteiger partial charge is 0.497 e. The van der Waals surface area contributed by atoms with E-state index in [2.05, 4.69) is 21.6 Å². The molecule has 0 aliphatic rings. The number of ether oxygens (including phenoxy) is 2. The van der Waals surface area contributed by atoms with Gasteiger partial charge in [-0.3, -0.25) is 9.20 Å². The number of carbonyl (C=O) groups excluding carboxylic acids is 1. The molecule has 0 aliphatic carbocycles. The van der Waals surface area contributed by atoms with Crippen LogP contribution in [0.25, 0.3) is 16.6 Å². The second-order valence-corrected chi connectivity index (χ2v) is 7.34. The number of carbonyl (C=O) groups is 1. The van der Waals surface area contributed by atoms with Gasteiger partial charge in [0, 0.05) is 18.2 Å². The Morgan fingerprint density at radius 1 is 1.07 bits per heavy atom. The smallest absolute Gasteiger partial charge is 0.225 e. The lowest BCUT2D eigenvalue weighted by molar-refractivity contribution is -0.115. The number of rotatable bonds is 7. The number of hydrogen-bond donors (Lipinski definition) is 1. The van der Waals surface area contributed by atoms with Crippen molar-refractivity contribution in [3.05, 3.63) is 54.6 Å². The van der Waals surface area contributed by atoms with E-state index in [4.69, 9.17) is 9.47 Å². The number of amides is 1. The van der Waals surface area contributed by atoms with E-state index < -0.39 is 0 Å². The summed E-state index contributed by atoms with van der Waals surface area (Å²) in [6.45, 7) is 0. The fourth-order valence-corrected chi connectivity index (χ4v) is 3.94. The highest BCUT2D eigenvalue weighted by atomic mass is 32.2. The molecule has 1 amide bonds. The van der Waals surface area contributed by atoms with E-state index in [1.807, 2.05) is 34.7 Å². The lowest BCUT2D eigenvalue weighted by atomic mass is 10.2. The second-order valence-electron chi connectivity index (χ2n) is 6.28. The highest BCUT2D eigenvalue weighted by Gasteiger charge is 2.12. The lowest BCUT2D eigenvalue weighted by Crippen LogP contribution is -2.13. The Hall–Kier alpha value is -3.26. The molecule has 4 rings (SSSR count). The Balaban J connectivity index is 1.43. The predicted molar refractivity (Wildman–Crippen MR) is 114 cm³/mol. The number of para-hydroxylation sites is 1. The Morgan fingerprint density at radius 2 is 1.93 bits per heavy atom. The van der Waals surface area contributed by atoms with Gasteiger partial charge in [0.1, 0.15) is 11.5 Å². The first-order valence-electron chi connectivity index (χ1n) is 9.07. The Kier molecular flexibility index (Phi) is 5.53. The molecule has 0 saturated heterocycles. The molecular formula is C21H20N4O3S. The van der Waals surface area contributed by atoms with Crippen molar-refractivity contribution in [2.75, 3.05) is 25.3 Å². The molecule has 0 aliphatic heterocycles. The number of nitrogens with one attached hydrogen (secondary N) is 1. The molecule has 148 valence electrons. The number of anilines is 1. The van der Waals surface area contributed by atoms with Crippen molar-refractivity contribution in [2.24, 2.45) is 0 Å². The summed E-state index contributed by atoms with van der Waals surface area (Å²) in [7, 11) is 3.14. The molecular weight excluding hydrogens is 388 g/mol.